The molecule has 21 heavy (non-hydrogen) atoms. The maximum absolute atomic E-state index is 13.8. The highest BCUT2D eigenvalue weighted by Gasteiger charge is 2.32. The van der Waals surface area contributed by atoms with Crippen molar-refractivity contribution in [2.24, 2.45) is 5.41 Å². The molecular weight excluding hydrogens is 269 g/mol. The smallest absolute Gasteiger partial charge is 0.254 e. The lowest BCUT2D eigenvalue weighted by atomic mass is 9.92. The van der Waals surface area contributed by atoms with Crippen molar-refractivity contribution in [1.29, 1.82) is 0 Å². The summed E-state index contributed by atoms with van der Waals surface area (Å²) in [5, 5.41) is 11.6. The normalized spacial score (nSPS) is 19.7. The molecule has 4 heteroatoms. The SMILES string of the molecule is CC1(C)CCC(NC(=O)c2cc(C#CCO)ccc2F)C1. The number of aliphatic hydroxyl groups is 1. The zero-order chi connectivity index (χ0) is 15.5. The monoisotopic (exact) mass is 289 g/mol. The topological polar surface area (TPSA) is 49.3 Å². The molecule has 3 nitrogen and oxygen atoms in total. The van der Waals surface area contributed by atoms with E-state index in [9.17, 15) is 9.18 Å². The van der Waals surface area contributed by atoms with E-state index in [0.29, 0.717) is 5.56 Å². The van der Waals surface area contributed by atoms with Crippen LogP contribution in [0.5, 0.6) is 0 Å². The summed E-state index contributed by atoms with van der Waals surface area (Å²) in [7, 11) is 0. The van der Waals surface area contributed by atoms with Crippen molar-refractivity contribution in [2.75, 3.05) is 6.61 Å². The number of hydrogen-bond acceptors (Lipinski definition) is 2. The van der Waals surface area contributed by atoms with E-state index in [2.05, 4.69) is 31.0 Å². The highest BCUT2D eigenvalue weighted by atomic mass is 19.1. The van der Waals surface area contributed by atoms with E-state index < -0.39 is 11.7 Å². The van der Waals surface area contributed by atoms with Crippen LogP contribution in [0.15, 0.2) is 18.2 Å². The van der Waals surface area contributed by atoms with Crippen LogP contribution >= 0.6 is 0 Å². The van der Waals surface area contributed by atoms with Gasteiger partial charge in [-0.25, -0.2) is 4.39 Å². The number of carbonyl (C=O) groups is 1. The van der Waals surface area contributed by atoms with Crippen LogP contribution in [0, 0.1) is 23.1 Å². The molecule has 0 bridgehead atoms. The second kappa shape index (κ2) is 6.28. The van der Waals surface area contributed by atoms with E-state index >= 15 is 0 Å². The van der Waals surface area contributed by atoms with Gasteiger partial charge < -0.3 is 10.4 Å². The Balaban J connectivity index is 2.12. The Morgan fingerprint density at radius 3 is 2.90 bits per heavy atom. The van der Waals surface area contributed by atoms with Crippen molar-refractivity contribution in [3.05, 3.63) is 35.1 Å². The number of halogens is 1. The summed E-state index contributed by atoms with van der Waals surface area (Å²) in [6.07, 6.45) is 2.89. The molecule has 2 N–H and O–H groups in total. The summed E-state index contributed by atoms with van der Waals surface area (Å²) in [6, 6.07) is 4.24. The Kier molecular flexibility index (Phi) is 4.64. The molecule has 0 aromatic heterocycles. The first-order valence-corrected chi connectivity index (χ1v) is 7.11. The van der Waals surface area contributed by atoms with Gasteiger partial charge in [0.1, 0.15) is 12.4 Å². The molecule has 0 aliphatic heterocycles. The zero-order valence-electron chi connectivity index (χ0n) is 12.4. The summed E-state index contributed by atoms with van der Waals surface area (Å²) < 4.78 is 13.8. The lowest BCUT2D eigenvalue weighted by Crippen LogP contribution is -2.34. The van der Waals surface area contributed by atoms with E-state index in [4.69, 9.17) is 5.11 Å². The maximum Gasteiger partial charge on any atom is 0.254 e. The van der Waals surface area contributed by atoms with E-state index in [1.54, 1.807) is 0 Å². The van der Waals surface area contributed by atoms with Gasteiger partial charge in [-0.3, -0.25) is 4.79 Å². The Bertz CT molecular complexity index is 599. The number of benzene rings is 1. The van der Waals surface area contributed by atoms with Gasteiger partial charge in [0.15, 0.2) is 0 Å². The van der Waals surface area contributed by atoms with Crippen LogP contribution in [0.3, 0.4) is 0 Å². The van der Waals surface area contributed by atoms with Crippen molar-refractivity contribution in [3.63, 3.8) is 0 Å². The molecule has 1 aliphatic carbocycles. The fourth-order valence-corrected chi connectivity index (χ4v) is 2.74. The predicted molar refractivity (Wildman–Crippen MR) is 79.3 cm³/mol. The van der Waals surface area contributed by atoms with E-state index in [1.807, 2.05) is 0 Å². The summed E-state index contributed by atoms with van der Waals surface area (Å²) in [5.41, 5.74) is 0.747. The molecule has 0 heterocycles. The largest absolute Gasteiger partial charge is 0.384 e. The molecule has 2 rings (SSSR count). The maximum atomic E-state index is 13.8. The summed E-state index contributed by atoms with van der Waals surface area (Å²) in [5.74, 6) is 4.21. The van der Waals surface area contributed by atoms with Crippen molar-refractivity contribution in [1.82, 2.24) is 5.32 Å². The molecule has 0 spiro atoms. The Hall–Kier alpha value is -1.86. The fraction of sp³-hybridized carbons (Fsp3) is 0.471. The quantitative estimate of drug-likeness (QED) is 0.822. The average Bonchev–Trinajstić information content (AvgIpc) is 2.76. The molecule has 1 aromatic carbocycles. The van der Waals surface area contributed by atoms with Crippen LogP contribution in [0.25, 0.3) is 0 Å². The first-order valence-electron chi connectivity index (χ1n) is 7.11. The van der Waals surface area contributed by atoms with Crippen LogP contribution in [-0.2, 0) is 0 Å². The van der Waals surface area contributed by atoms with Crippen LogP contribution in [0.2, 0.25) is 0 Å². The molecular formula is C17H20FNO2. The lowest BCUT2D eigenvalue weighted by molar-refractivity contribution is 0.0932. The fourth-order valence-electron chi connectivity index (χ4n) is 2.74. The minimum atomic E-state index is -0.556. The number of aliphatic hydroxyl groups excluding tert-OH is 1. The number of hydrogen-bond donors (Lipinski definition) is 2. The molecule has 1 saturated carbocycles. The molecule has 1 fully saturated rings. The van der Waals surface area contributed by atoms with Crippen LogP contribution in [-0.4, -0.2) is 23.7 Å². The van der Waals surface area contributed by atoms with E-state index in [1.165, 1.54) is 18.2 Å². The second-order valence-corrected chi connectivity index (χ2v) is 6.23. The van der Waals surface area contributed by atoms with E-state index in [-0.39, 0.29) is 23.6 Å². The second-order valence-electron chi connectivity index (χ2n) is 6.23. The van der Waals surface area contributed by atoms with Crippen LogP contribution in [0.1, 0.15) is 49.0 Å². The Morgan fingerprint density at radius 1 is 1.52 bits per heavy atom. The third-order valence-electron chi connectivity index (χ3n) is 3.83. The molecule has 1 amide bonds. The molecule has 0 saturated heterocycles. The zero-order valence-corrected chi connectivity index (χ0v) is 12.4. The average molecular weight is 289 g/mol. The molecule has 1 unspecified atom stereocenters. The van der Waals surface area contributed by atoms with Gasteiger partial charge in [0.05, 0.1) is 5.56 Å². The molecule has 1 atom stereocenters. The van der Waals surface area contributed by atoms with Gasteiger partial charge >= 0.3 is 0 Å². The Morgan fingerprint density at radius 2 is 2.29 bits per heavy atom. The highest BCUT2D eigenvalue weighted by molar-refractivity contribution is 5.95. The van der Waals surface area contributed by atoms with Gasteiger partial charge in [0.2, 0.25) is 0 Å². The van der Waals surface area contributed by atoms with Crippen molar-refractivity contribution < 1.29 is 14.3 Å². The van der Waals surface area contributed by atoms with Crippen LogP contribution in [0.4, 0.5) is 4.39 Å². The number of rotatable bonds is 2. The summed E-state index contributed by atoms with van der Waals surface area (Å²) >= 11 is 0. The molecule has 0 radical (unpaired) electrons. The van der Waals surface area contributed by atoms with Gasteiger partial charge in [-0.2, -0.15) is 0 Å². The summed E-state index contributed by atoms with van der Waals surface area (Å²) in [6.45, 7) is 4.08. The molecule has 1 aliphatic rings. The van der Waals surface area contributed by atoms with Gasteiger partial charge in [0, 0.05) is 11.6 Å². The van der Waals surface area contributed by atoms with Gasteiger partial charge in [0.25, 0.3) is 5.91 Å². The van der Waals surface area contributed by atoms with Gasteiger partial charge in [-0.05, 0) is 42.9 Å². The standard InChI is InChI=1S/C17H20FNO2/c1-17(2)8-7-13(11-17)19-16(21)14-10-12(4-3-9-20)5-6-15(14)18/h5-6,10,13,20H,7-9,11H2,1-2H3,(H,19,21). The first kappa shape index (κ1) is 15.5. The minimum absolute atomic E-state index is 0.00412. The summed E-state index contributed by atoms with van der Waals surface area (Å²) in [4.78, 5) is 12.2. The third-order valence-corrected chi connectivity index (χ3v) is 3.83. The minimum Gasteiger partial charge on any atom is -0.384 e. The number of nitrogens with one attached hydrogen (secondary N) is 1. The first-order chi connectivity index (χ1) is 9.91. The van der Waals surface area contributed by atoms with Crippen molar-refractivity contribution >= 4 is 5.91 Å². The predicted octanol–water partition coefficient (Wildman–Crippen LogP) is 2.48. The van der Waals surface area contributed by atoms with E-state index in [0.717, 1.165) is 19.3 Å². The third kappa shape index (κ3) is 4.05. The van der Waals surface area contributed by atoms with Gasteiger partial charge in [-0.1, -0.05) is 25.7 Å². The van der Waals surface area contributed by atoms with Crippen molar-refractivity contribution in [3.8, 4) is 11.8 Å². The Labute approximate surface area is 124 Å². The van der Waals surface area contributed by atoms with Crippen LogP contribution < -0.4 is 5.32 Å². The van der Waals surface area contributed by atoms with Crippen molar-refractivity contribution in [2.45, 2.75) is 39.2 Å². The van der Waals surface area contributed by atoms with Gasteiger partial charge in [-0.15, -0.1) is 0 Å². The number of carbonyl (C=O) groups excluding carboxylic acids is 1. The number of amides is 1. The molecule has 112 valence electrons. The highest BCUT2D eigenvalue weighted by Crippen LogP contribution is 2.37. The lowest BCUT2D eigenvalue weighted by Gasteiger charge is -2.18. The molecule has 1 aromatic rings.